The minimum absolute atomic E-state index is 0.0132. The van der Waals surface area contributed by atoms with Gasteiger partial charge in [0.15, 0.2) is 0 Å². The molecule has 0 bridgehead atoms. The molecule has 1 atom stereocenters. The largest absolute Gasteiger partial charge is 0.390 e. The van der Waals surface area contributed by atoms with E-state index in [2.05, 4.69) is 10.00 Å². The molecule has 2 aromatic rings. The molecule has 0 saturated carbocycles. The first-order chi connectivity index (χ1) is 12.2. The molecule has 132 valence electrons. The highest BCUT2D eigenvalue weighted by Crippen LogP contribution is 2.28. The summed E-state index contributed by atoms with van der Waals surface area (Å²) in [7, 11) is 1.95. The highest BCUT2D eigenvalue weighted by Gasteiger charge is 2.33. The maximum atomic E-state index is 12.4. The van der Waals surface area contributed by atoms with Crippen LogP contribution in [0.1, 0.15) is 23.4 Å². The zero-order chi connectivity index (χ0) is 17.4. The van der Waals surface area contributed by atoms with Crippen LogP contribution >= 0.6 is 0 Å². The number of hydrogen-bond donors (Lipinski definition) is 1. The number of hydrogen-bond acceptors (Lipinski definition) is 4. The normalized spacial score (nSPS) is 21.0. The van der Waals surface area contributed by atoms with Crippen molar-refractivity contribution in [1.29, 1.82) is 0 Å². The molecule has 1 aromatic carbocycles. The number of anilines is 1. The van der Waals surface area contributed by atoms with Crippen LogP contribution in [0.2, 0.25) is 0 Å². The molecule has 0 radical (unpaired) electrons. The summed E-state index contributed by atoms with van der Waals surface area (Å²) in [6.45, 7) is 3.48. The predicted molar refractivity (Wildman–Crippen MR) is 95.0 cm³/mol. The van der Waals surface area contributed by atoms with Gasteiger partial charge in [0.05, 0.1) is 12.3 Å². The first-order valence-electron chi connectivity index (χ1n) is 8.88. The molecule has 0 unspecified atom stereocenters. The Labute approximate surface area is 147 Å². The Balaban J connectivity index is 1.43. The van der Waals surface area contributed by atoms with Crippen LogP contribution in [0, 0.1) is 5.92 Å². The van der Waals surface area contributed by atoms with E-state index in [1.807, 2.05) is 47.0 Å². The summed E-state index contributed by atoms with van der Waals surface area (Å²) in [6, 6.07) is 9.91. The number of para-hydroxylation sites is 1. The van der Waals surface area contributed by atoms with Gasteiger partial charge < -0.3 is 10.0 Å². The number of carbonyl (C=O) groups excluding carboxylic acids is 1. The molecule has 1 saturated heterocycles. The van der Waals surface area contributed by atoms with Gasteiger partial charge in [-0.15, -0.1) is 0 Å². The molecule has 1 N–H and O–H groups in total. The van der Waals surface area contributed by atoms with Gasteiger partial charge in [-0.2, -0.15) is 5.10 Å². The summed E-state index contributed by atoms with van der Waals surface area (Å²) in [4.78, 5) is 16.7. The molecule has 1 fully saturated rings. The van der Waals surface area contributed by atoms with Crippen molar-refractivity contribution in [2.45, 2.75) is 26.0 Å². The number of aliphatic hydroxyl groups excluding tert-OH is 1. The van der Waals surface area contributed by atoms with E-state index in [9.17, 15) is 9.90 Å². The molecule has 2 aliphatic heterocycles. The maximum absolute atomic E-state index is 12.4. The predicted octanol–water partition coefficient (Wildman–Crippen LogP) is 1.32. The van der Waals surface area contributed by atoms with E-state index in [-0.39, 0.29) is 12.5 Å². The van der Waals surface area contributed by atoms with Crippen molar-refractivity contribution in [1.82, 2.24) is 14.7 Å². The molecule has 4 rings (SSSR count). The van der Waals surface area contributed by atoms with E-state index >= 15 is 0 Å². The number of amides is 1. The average Bonchev–Trinajstić information content (AvgIpc) is 3.15. The van der Waals surface area contributed by atoms with Crippen LogP contribution in [0.3, 0.4) is 0 Å². The average molecular weight is 340 g/mol. The van der Waals surface area contributed by atoms with E-state index in [0.29, 0.717) is 12.3 Å². The van der Waals surface area contributed by atoms with Crippen LogP contribution in [0.25, 0.3) is 0 Å². The standard InChI is InChI=1S/C19H24N4O2/c1-21-18-7-8-22(12-16(18)17(13-24)20-21)10-14-9-19(25)23(11-14)15-5-3-2-4-6-15/h2-6,14,24H,7-13H2,1H3/t14-/m1/s1. The summed E-state index contributed by atoms with van der Waals surface area (Å²) in [5, 5.41) is 13.9. The van der Waals surface area contributed by atoms with Crippen molar-refractivity contribution in [3.8, 4) is 0 Å². The summed E-state index contributed by atoms with van der Waals surface area (Å²) in [5.41, 5.74) is 4.18. The molecule has 1 amide bonds. The van der Waals surface area contributed by atoms with E-state index in [0.717, 1.165) is 44.0 Å². The second-order valence-electron chi connectivity index (χ2n) is 7.05. The van der Waals surface area contributed by atoms with Gasteiger partial charge in [-0.1, -0.05) is 18.2 Å². The van der Waals surface area contributed by atoms with Gasteiger partial charge in [-0.3, -0.25) is 14.4 Å². The van der Waals surface area contributed by atoms with E-state index in [1.165, 1.54) is 11.3 Å². The molecule has 0 aliphatic carbocycles. The van der Waals surface area contributed by atoms with Crippen LogP contribution < -0.4 is 4.90 Å². The van der Waals surface area contributed by atoms with Gasteiger partial charge in [0.2, 0.25) is 5.91 Å². The van der Waals surface area contributed by atoms with Crippen LogP contribution in [0.5, 0.6) is 0 Å². The first kappa shape index (κ1) is 16.3. The number of aryl methyl sites for hydroxylation is 1. The second kappa shape index (κ2) is 6.61. The van der Waals surface area contributed by atoms with Crippen molar-refractivity contribution in [3.05, 3.63) is 47.3 Å². The number of aromatic nitrogens is 2. The van der Waals surface area contributed by atoms with Crippen molar-refractivity contribution in [3.63, 3.8) is 0 Å². The van der Waals surface area contributed by atoms with Crippen molar-refractivity contribution in [2.75, 3.05) is 24.5 Å². The molecule has 6 heteroatoms. The van der Waals surface area contributed by atoms with Gasteiger partial charge in [-0.25, -0.2) is 0 Å². The highest BCUT2D eigenvalue weighted by atomic mass is 16.3. The van der Waals surface area contributed by atoms with E-state index in [4.69, 9.17) is 0 Å². The van der Waals surface area contributed by atoms with Crippen molar-refractivity contribution >= 4 is 11.6 Å². The summed E-state index contributed by atoms with van der Waals surface area (Å²) in [6.07, 6.45) is 1.56. The van der Waals surface area contributed by atoms with Crippen LogP contribution in [0.15, 0.2) is 30.3 Å². The zero-order valence-electron chi connectivity index (χ0n) is 14.6. The topological polar surface area (TPSA) is 61.6 Å². The third kappa shape index (κ3) is 3.07. The Morgan fingerprint density at radius 3 is 2.84 bits per heavy atom. The number of nitrogens with zero attached hydrogens (tertiary/aromatic N) is 4. The van der Waals surface area contributed by atoms with E-state index in [1.54, 1.807) is 0 Å². The quantitative estimate of drug-likeness (QED) is 0.912. The number of benzene rings is 1. The fourth-order valence-electron chi connectivity index (χ4n) is 4.13. The van der Waals surface area contributed by atoms with Crippen LogP contribution in [-0.2, 0) is 31.4 Å². The Bertz CT molecular complexity index is 771. The van der Waals surface area contributed by atoms with Crippen LogP contribution in [-0.4, -0.2) is 45.3 Å². The monoisotopic (exact) mass is 340 g/mol. The SMILES string of the molecule is Cn1nc(CO)c2c1CCN(C[C@H]1CC(=O)N(c3ccccc3)C1)C2. The smallest absolute Gasteiger partial charge is 0.227 e. The minimum atomic E-state index is -0.0132. The summed E-state index contributed by atoms with van der Waals surface area (Å²) >= 11 is 0. The maximum Gasteiger partial charge on any atom is 0.227 e. The molecule has 3 heterocycles. The van der Waals surface area contributed by atoms with Crippen LogP contribution in [0.4, 0.5) is 5.69 Å². The molecule has 6 nitrogen and oxygen atoms in total. The lowest BCUT2D eigenvalue weighted by atomic mass is 10.0. The fraction of sp³-hybridized carbons (Fsp3) is 0.474. The third-order valence-electron chi connectivity index (χ3n) is 5.34. The Morgan fingerprint density at radius 1 is 1.28 bits per heavy atom. The van der Waals surface area contributed by atoms with Gasteiger partial charge in [0.1, 0.15) is 0 Å². The van der Waals surface area contributed by atoms with Crippen molar-refractivity contribution in [2.24, 2.45) is 13.0 Å². The summed E-state index contributed by atoms with van der Waals surface area (Å²) in [5.74, 6) is 0.565. The highest BCUT2D eigenvalue weighted by molar-refractivity contribution is 5.95. The van der Waals surface area contributed by atoms with Gasteiger partial charge in [-0.05, 0) is 18.1 Å². The third-order valence-corrected chi connectivity index (χ3v) is 5.34. The molecular weight excluding hydrogens is 316 g/mol. The van der Waals surface area contributed by atoms with Gasteiger partial charge in [0, 0.05) is 63.0 Å². The fourth-order valence-corrected chi connectivity index (χ4v) is 4.13. The Morgan fingerprint density at radius 2 is 2.08 bits per heavy atom. The number of fused-ring (bicyclic) bond motifs is 1. The molecule has 2 aliphatic rings. The van der Waals surface area contributed by atoms with Gasteiger partial charge >= 0.3 is 0 Å². The molecule has 25 heavy (non-hydrogen) atoms. The molecular formula is C19H24N4O2. The summed E-state index contributed by atoms with van der Waals surface area (Å²) < 4.78 is 1.90. The lowest BCUT2D eigenvalue weighted by molar-refractivity contribution is -0.117. The zero-order valence-corrected chi connectivity index (χ0v) is 14.6. The number of rotatable bonds is 4. The second-order valence-corrected chi connectivity index (χ2v) is 7.05. The Kier molecular flexibility index (Phi) is 4.31. The van der Waals surface area contributed by atoms with E-state index < -0.39 is 0 Å². The molecule has 0 spiro atoms. The number of carbonyl (C=O) groups is 1. The van der Waals surface area contributed by atoms with Gasteiger partial charge in [0.25, 0.3) is 0 Å². The lowest BCUT2D eigenvalue weighted by Gasteiger charge is -2.29. The minimum Gasteiger partial charge on any atom is -0.390 e. The van der Waals surface area contributed by atoms with Crippen molar-refractivity contribution < 1.29 is 9.90 Å². The Hall–Kier alpha value is -2.18. The molecule has 1 aromatic heterocycles. The number of aliphatic hydroxyl groups is 1. The first-order valence-corrected chi connectivity index (χ1v) is 8.88. The lowest BCUT2D eigenvalue weighted by Crippen LogP contribution is -2.36.